The number of benzene rings is 1. The van der Waals surface area contributed by atoms with Gasteiger partial charge in [0, 0.05) is 43.5 Å². The lowest BCUT2D eigenvalue weighted by molar-refractivity contribution is -0.135. The second-order valence-electron chi connectivity index (χ2n) is 5.89. The molecule has 4 heteroatoms. The van der Waals surface area contributed by atoms with E-state index in [-0.39, 0.29) is 5.92 Å². The first-order valence-corrected chi connectivity index (χ1v) is 7.63. The Balaban J connectivity index is 1.56. The second kappa shape index (κ2) is 5.73. The first-order chi connectivity index (χ1) is 9.74. The Morgan fingerprint density at radius 1 is 1.00 bits per heavy atom. The zero-order valence-electron chi connectivity index (χ0n) is 11.9. The molecule has 0 atom stereocenters. The van der Waals surface area contributed by atoms with Gasteiger partial charge < -0.3 is 15.5 Å². The van der Waals surface area contributed by atoms with Gasteiger partial charge >= 0.3 is 0 Å². The molecule has 0 aromatic heterocycles. The molecule has 0 radical (unpaired) electrons. The summed E-state index contributed by atoms with van der Waals surface area (Å²) in [5.41, 5.74) is 7.73. The predicted octanol–water partition coefficient (Wildman–Crippen LogP) is 2.11. The number of likely N-dealkylation sites (tertiary alicyclic amines) is 1. The third-order valence-electron chi connectivity index (χ3n) is 4.52. The van der Waals surface area contributed by atoms with Crippen molar-refractivity contribution in [1.82, 2.24) is 4.90 Å². The monoisotopic (exact) mass is 273 g/mol. The van der Waals surface area contributed by atoms with Crippen molar-refractivity contribution in [1.29, 1.82) is 0 Å². The highest BCUT2D eigenvalue weighted by molar-refractivity contribution is 5.79. The molecule has 4 nitrogen and oxygen atoms in total. The van der Waals surface area contributed by atoms with Crippen LogP contribution in [-0.4, -0.2) is 37.0 Å². The number of rotatable bonds is 2. The number of hydrogen-bond donors (Lipinski definition) is 1. The maximum Gasteiger partial charge on any atom is 0.225 e. The van der Waals surface area contributed by atoms with Crippen LogP contribution in [0.4, 0.5) is 11.4 Å². The molecule has 3 rings (SSSR count). The molecule has 2 saturated heterocycles. The minimum absolute atomic E-state index is 0.234. The molecular weight excluding hydrogens is 250 g/mol. The highest BCUT2D eigenvalue weighted by Crippen LogP contribution is 2.26. The average molecular weight is 273 g/mol. The van der Waals surface area contributed by atoms with Gasteiger partial charge in [-0.3, -0.25) is 4.79 Å². The van der Waals surface area contributed by atoms with E-state index in [1.807, 2.05) is 12.1 Å². The SMILES string of the molecule is Nc1ccc(N2CCC(C(=O)N3CCCC3)CC2)cc1. The molecule has 108 valence electrons. The van der Waals surface area contributed by atoms with Gasteiger partial charge in [-0.05, 0) is 49.9 Å². The van der Waals surface area contributed by atoms with E-state index in [0.717, 1.165) is 44.7 Å². The van der Waals surface area contributed by atoms with E-state index in [1.54, 1.807) is 0 Å². The standard InChI is InChI=1S/C16H23N3O/c17-14-3-5-15(6-4-14)18-11-7-13(8-12-18)16(20)19-9-1-2-10-19/h3-6,13H,1-2,7-12,17H2. The van der Waals surface area contributed by atoms with E-state index in [0.29, 0.717) is 5.91 Å². The van der Waals surface area contributed by atoms with Gasteiger partial charge in [-0.2, -0.15) is 0 Å². The molecule has 2 aliphatic rings. The fourth-order valence-electron chi connectivity index (χ4n) is 3.27. The summed E-state index contributed by atoms with van der Waals surface area (Å²) >= 11 is 0. The number of anilines is 2. The van der Waals surface area contributed by atoms with E-state index in [9.17, 15) is 4.79 Å². The number of hydrogen-bond acceptors (Lipinski definition) is 3. The van der Waals surface area contributed by atoms with Gasteiger partial charge in [0.05, 0.1) is 0 Å². The Hall–Kier alpha value is -1.71. The average Bonchev–Trinajstić information content (AvgIpc) is 3.02. The molecule has 0 aliphatic carbocycles. The van der Waals surface area contributed by atoms with Crippen molar-refractivity contribution in [2.45, 2.75) is 25.7 Å². The van der Waals surface area contributed by atoms with E-state index in [2.05, 4.69) is 21.9 Å². The lowest BCUT2D eigenvalue weighted by Gasteiger charge is -2.34. The Morgan fingerprint density at radius 2 is 1.60 bits per heavy atom. The highest BCUT2D eigenvalue weighted by atomic mass is 16.2. The summed E-state index contributed by atoms with van der Waals surface area (Å²) < 4.78 is 0. The van der Waals surface area contributed by atoms with Crippen molar-refractivity contribution < 1.29 is 4.79 Å². The number of nitrogens with zero attached hydrogens (tertiary/aromatic N) is 2. The Kier molecular flexibility index (Phi) is 3.81. The molecular formula is C16H23N3O. The molecule has 0 spiro atoms. The van der Waals surface area contributed by atoms with Crippen LogP contribution in [0.5, 0.6) is 0 Å². The number of nitrogen functional groups attached to an aromatic ring is 1. The highest BCUT2D eigenvalue weighted by Gasteiger charge is 2.29. The third-order valence-corrected chi connectivity index (χ3v) is 4.52. The van der Waals surface area contributed by atoms with Crippen LogP contribution in [-0.2, 0) is 4.79 Å². The fourth-order valence-corrected chi connectivity index (χ4v) is 3.27. The van der Waals surface area contributed by atoms with E-state index < -0.39 is 0 Å². The summed E-state index contributed by atoms with van der Waals surface area (Å²) in [7, 11) is 0. The quantitative estimate of drug-likeness (QED) is 0.840. The van der Waals surface area contributed by atoms with Crippen molar-refractivity contribution in [2.75, 3.05) is 36.8 Å². The Bertz CT molecular complexity index is 457. The smallest absolute Gasteiger partial charge is 0.225 e. The molecule has 2 aliphatic heterocycles. The number of amides is 1. The molecule has 1 aromatic rings. The van der Waals surface area contributed by atoms with Crippen LogP contribution in [0.1, 0.15) is 25.7 Å². The third kappa shape index (κ3) is 2.74. The van der Waals surface area contributed by atoms with E-state index in [1.165, 1.54) is 18.5 Å². The lowest BCUT2D eigenvalue weighted by Crippen LogP contribution is -2.41. The van der Waals surface area contributed by atoms with Crippen molar-refractivity contribution in [3.8, 4) is 0 Å². The molecule has 20 heavy (non-hydrogen) atoms. The summed E-state index contributed by atoms with van der Waals surface area (Å²) in [5, 5.41) is 0. The van der Waals surface area contributed by atoms with E-state index in [4.69, 9.17) is 5.73 Å². The molecule has 0 saturated carbocycles. The fraction of sp³-hybridized carbons (Fsp3) is 0.562. The summed E-state index contributed by atoms with van der Waals surface area (Å²) in [6.07, 6.45) is 4.30. The van der Waals surface area contributed by atoms with Crippen molar-refractivity contribution in [2.24, 2.45) is 5.92 Å². The summed E-state index contributed by atoms with van der Waals surface area (Å²) in [6, 6.07) is 8.02. The van der Waals surface area contributed by atoms with Crippen LogP contribution in [0, 0.1) is 5.92 Å². The maximum absolute atomic E-state index is 12.4. The number of piperidine rings is 1. The zero-order valence-corrected chi connectivity index (χ0v) is 11.9. The van der Waals surface area contributed by atoms with Crippen LogP contribution in [0.3, 0.4) is 0 Å². The first-order valence-electron chi connectivity index (χ1n) is 7.63. The van der Waals surface area contributed by atoms with Crippen molar-refractivity contribution in [3.63, 3.8) is 0 Å². The van der Waals surface area contributed by atoms with Gasteiger partial charge in [-0.15, -0.1) is 0 Å². The largest absolute Gasteiger partial charge is 0.399 e. The maximum atomic E-state index is 12.4. The zero-order chi connectivity index (χ0) is 13.9. The normalized spacial score (nSPS) is 20.4. The molecule has 2 fully saturated rings. The molecule has 2 heterocycles. The Morgan fingerprint density at radius 3 is 2.20 bits per heavy atom. The lowest BCUT2D eigenvalue weighted by atomic mass is 9.95. The molecule has 0 bridgehead atoms. The van der Waals surface area contributed by atoms with Crippen molar-refractivity contribution in [3.05, 3.63) is 24.3 Å². The van der Waals surface area contributed by atoms with Crippen LogP contribution in [0.2, 0.25) is 0 Å². The van der Waals surface area contributed by atoms with Gasteiger partial charge in [0.15, 0.2) is 0 Å². The predicted molar refractivity (Wildman–Crippen MR) is 81.6 cm³/mol. The Labute approximate surface area is 120 Å². The molecule has 1 amide bonds. The first kappa shape index (κ1) is 13.3. The topological polar surface area (TPSA) is 49.6 Å². The number of nitrogens with two attached hydrogens (primary N) is 1. The van der Waals surface area contributed by atoms with Crippen LogP contribution in [0.25, 0.3) is 0 Å². The van der Waals surface area contributed by atoms with E-state index >= 15 is 0 Å². The van der Waals surface area contributed by atoms with Gasteiger partial charge in [-0.25, -0.2) is 0 Å². The van der Waals surface area contributed by atoms with Crippen LogP contribution < -0.4 is 10.6 Å². The molecule has 2 N–H and O–H groups in total. The summed E-state index contributed by atoms with van der Waals surface area (Å²) in [5.74, 6) is 0.623. The van der Waals surface area contributed by atoms with Crippen LogP contribution >= 0.6 is 0 Å². The van der Waals surface area contributed by atoms with Crippen molar-refractivity contribution >= 4 is 17.3 Å². The summed E-state index contributed by atoms with van der Waals surface area (Å²) in [4.78, 5) is 16.8. The minimum atomic E-state index is 0.234. The van der Waals surface area contributed by atoms with Gasteiger partial charge in [0.25, 0.3) is 0 Å². The van der Waals surface area contributed by atoms with Gasteiger partial charge in [-0.1, -0.05) is 0 Å². The van der Waals surface area contributed by atoms with Gasteiger partial charge in [0.2, 0.25) is 5.91 Å². The minimum Gasteiger partial charge on any atom is -0.399 e. The molecule has 1 aromatic carbocycles. The van der Waals surface area contributed by atoms with Gasteiger partial charge in [0.1, 0.15) is 0 Å². The molecule has 0 unspecified atom stereocenters. The number of carbonyl (C=O) groups excluding carboxylic acids is 1. The second-order valence-corrected chi connectivity index (χ2v) is 5.89. The number of carbonyl (C=O) groups is 1. The van der Waals surface area contributed by atoms with Crippen LogP contribution in [0.15, 0.2) is 24.3 Å². The summed E-state index contributed by atoms with van der Waals surface area (Å²) in [6.45, 7) is 3.87.